The van der Waals surface area contributed by atoms with Gasteiger partial charge in [0.2, 0.25) is 0 Å². The van der Waals surface area contributed by atoms with Crippen LogP contribution in [0.2, 0.25) is 0 Å². The minimum atomic E-state index is -0.265. The van der Waals surface area contributed by atoms with Crippen LogP contribution < -0.4 is 0 Å². The van der Waals surface area contributed by atoms with E-state index in [2.05, 4.69) is 22.9 Å². The maximum atomic E-state index is 11.7. The molecule has 0 unspecified atom stereocenters. The summed E-state index contributed by atoms with van der Waals surface area (Å²) in [4.78, 5) is 11.7. The lowest BCUT2D eigenvalue weighted by Crippen LogP contribution is -2.13. The van der Waals surface area contributed by atoms with Crippen LogP contribution in [-0.2, 0) is 17.7 Å². The second kappa shape index (κ2) is 4.02. The van der Waals surface area contributed by atoms with Gasteiger partial charge in [-0.2, -0.15) is 0 Å². The smallest absolute Gasteiger partial charge is 0.338 e. The maximum absolute atomic E-state index is 11.7. The molecule has 0 saturated carbocycles. The van der Waals surface area contributed by atoms with Crippen LogP contribution in [-0.4, -0.2) is 17.6 Å². The zero-order chi connectivity index (χ0) is 12.7. The van der Waals surface area contributed by atoms with Crippen molar-refractivity contribution in [3.63, 3.8) is 0 Å². The number of carbonyl (C=O) groups excluding carboxylic acids is 1. The average Bonchev–Trinajstić information content (AvgIpc) is 2.86. The highest BCUT2D eigenvalue weighted by Crippen LogP contribution is 2.34. The highest BCUT2D eigenvalue weighted by Gasteiger charge is 2.21. The summed E-state index contributed by atoms with van der Waals surface area (Å²) in [5, 5.41) is 0. The van der Waals surface area contributed by atoms with Crippen LogP contribution >= 0.6 is 0 Å². The van der Waals surface area contributed by atoms with E-state index in [1.807, 2.05) is 19.1 Å². The molecule has 2 heterocycles. The SMILES string of the molecule is COC(=O)c1ccc2c(c1C)-c1cccn1CC2. The first kappa shape index (κ1) is 11.1. The van der Waals surface area contributed by atoms with Crippen LogP contribution in [0.25, 0.3) is 11.3 Å². The number of aryl methyl sites for hydroxylation is 2. The van der Waals surface area contributed by atoms with Gasteiger partial charge in [0.1, 0.15) is 0 Å². The molecule has 0 amide bonds. The normalized spacial score (nSPS) is 12.8. The third-order valence-electron chi connectivity index (χ3n) is 3.66. The number of fused-ring (bicyclic) bond motifs is 3. The molecule has 1 aliphatic rings. The minimum absolute atomic E-state index is 0.265. The molecule has 0 atom stereocenters. The van der Waals surface area contributed by atoms with E-state index in [1.54, 1.807) is 0 Å². The number of methoxy groups -OCH3 is 1. The van der Waals surface area contributed by atoms with Crippen LogP contribution in [0.5, 0.6) is 0 Å². The van der Waals surface area contributed by atoms with Gasteiger partial charge in [0.05, 0.1) is 12.7 Å². The fourth-order valence-corrected chi connectivity index (χ4v) is 2.74. The van der Waals surface area contributed by atoms with E-state index in [4.69, 9.17) is 4.74 Å². The molecule has 0 radical (unpaired) electrons. The van der Waals surface area contributed by atoms with E-state index in [-0.39, 0.29) is 5.97 Å². The molecule has 0 aliphatic carbocycles. The quantitative estimate of drug-likeness (QED) is 0.719. The van der Waals surface area contributed by atoms with E-state index >= 15 is 0 Å². The Balaban J connectivity index is 2.24. The van der Waals surface area contributed by atoms with Gasteiger partial charge in [0.15, 0.2) is 0 Å². The fraction of sp³-hybridized carbons (Fsp3) is 0.267. The molecule has 3 rings (SSSR count). The molecular formula is C15H15NO2. The average molecular weight is 241 g/mol. The summed E-state index contributed by atoms with van der Waals surface area (Å²) in [6.45, 7) is 3.00. The summed E-state index contributed by atoms with van der Waals surface area (Å²) in [6, 6.07) is 8.07. The van der Waals surface area contributed by atoms with Gasteiger partial charge in [-0.3, -0.25) is 0 Å². The molecule has 1 aliphatic heterocycles. The predicted octanol–water partition coefficient (Wildman–Crippen LogP) is 2.81. The predicted molar refractivity (Wildman–Crippen MR) is 69.6 cm³/mol. The summed E-state index contributed by atoms with van der Waals surface area (Å²) >= 11 is 0. The monoisotopic (exact) mass is 241 g/mol. The van der Waals surface area contributed by atoms with E-state index in [9.17, 15) is 4.79 Å². The number of hydrogen-bond donors (Lipinski definition) is 0. The molecule has 3 heteroatoms. The standard InChI is InChI=1S/C15H15NO2/c1-10-12(15(17)18-2)6-5-11-7-9-16-8-3-4-13(16)14(10)11/h3-6,8H,7,9H2,1-2H3. The van der Waals surface area contributed by atoms with E-state index in [1.165, 1.54) is 23.9 Å². The number of nitrogens with zero attached hydrogens (tertiary/aromatic N) is 1. The van der Waals surface area contributed by atoms with E-state index in [0.29, 0.717) is 5.56 Å². The zero-order valence-corrected chi connectivity index (χ0v) is 10.6. The van der Waals surface area contributed by atoms with Crippen molar-refractivity contribution in [3.8, 4) is 11.3 Å². The van der Waals surface area contributed by atoms with E-state index in [0.717, 1.165) is 18.5 Å². The van der Waals surface area contributed by atoms with Crippen molar-refractivity contribution in [3.05, 3.63) is 47.2 Å². The van der Waals surface area contributed by atoms with Crippen molar-refractivity contribution in [2.24, 2.45) is 0 Å². The van der Waals surface area contributed by atoms with Crippen molar-refractivity contribution in [2.45, 2.75) is 19.9 Å². The molecular weight excluding hydrogens is 226 g/mol. The molecule has 1 aromatic carbocycles. The molecule has 3 nitrogen and oxygen atoms in total. The third-order valence-corrected chi connectivity index (χ3v) is 3.66. The lowest BCUT2D eigenvalue weighted by atomic mass is 9.91. The number of carbonyl (C=O) groups is 1. The van der Waals surface area contributed by atoms with Crippen molar-refractivity contribution in [1.82, 2.24) is 4.57 Å². The number of aromatic nitrogens is 1. The number of hydrogen-bond acceptors (Lipinski definition) is 2. The van der Waals surface area contributed by atoms with Gasteiger partial charge in [-0.25, -0.2) is 4.79 Å². The summed E-state index contributed by atoms with van der Waals surface area (Å²) < 4.78 is 7.06. The topological polar surface area (TPSA) is 31.2 Å². The summed E-state index contributed by atoms with van der Waals surface area (Å²) in [7, 11) is 1.42. The molecule has 18 heavy (non-hydrogen) atoms. The number of benzene rings is 1. The first-order chi connectivity index (χ1) is 8.72. The summed E-state index contributed by atoms with van der Waals surface area (Å²) in [6.07, 6.45) is 3.10. The van der Waals surface area contributed by atoms with Gasteiger partial charge in [0.25, 0.3) is 0 Å². The Hall–Kier alpha value is -2.03. The Morgan fingerprint density at radius 1 is 1.33 bits per heavy atom. The van der Waals surface area contributed by atoms with Gasteiger partial charge < -0.3 is 9.30 Å². The van der Waals surface area contributed by atoms with Crippen LogP contribution in [0.15, 0.2) is 30.5 Å². The summed E-state index contributed by atoms with van der Waals surface area (Å²) in [5.41, 5.74) is 5.37. The third kappa shape index (κ3) is 1.47. The largest absolute Gasteiger partial charge is 0.465 e. The van der Waals surface area contributed by atoms with E-state index < -0.39 is 0 Å². The highest BCUT2D eigenvalue weighted by molar-refractivity contribution is 5.94. The zero-order valence-electron chi connectivity index (χ0n) is 10.6. The van der Waals surface area contributed by atoms with Crippen molar-refractivity contribution < 1.29 is 9.53 Å². The van der Waals surface area contributed by atoms with Crippen LogP contribution in [0.4, 0.5) is 0 Å². The molecule has 0 bridgehead atoms. The molecule has 0 fully saturated rings. The second-order valence-corrected chi connectivity index (χ2v) is 4.60. The maximum Gasteiger partial charge on any atom is 0.338 e. The van der Waals surface area contributed by atoms with Gasteiger partial charge in [-0.15, -0.1) is 0 Å². The molecule has 0 saturated heterocycles. The minimum Gasteiger partial charge on any atom is -0.465 e. The van der Waals surface area contributed by atoms with Crippen molar-refractivity contribution >= 4 is 5.97 Å². The number of esters is 1. The number of ether oxygens (including phenoxy) is 1. The summed E-state index contributed by atoms with van der Waals surface area (Å²) in [5.74, 6) is -0.265. The Kier molecular flexibility index (Phi) is 2.47. The fourth-order valence-electron chi connectivity index (χ4n) is 2.74. The van der Waals surface area contributed by atoms with Crippen LogP contribution in [0.3, 0.4) is 0 Å². The highest BCUT2D eigenvalue weighted by atomic mass is 16.5. The van der Waals surface area contributed by atoms with Crippen LogP contribution in [0.1, 0.15) is 21.5 Å². The van der Waals surface area contributed by atoms with Gasteiger partial charge in [0, 0.05) is 24.0 Å². The van der Waals surface area contributed by atoms with Gasteiger partial charge in [-0.05, 0) is 42.7 Å². The van der Waals surface area contributed by atoms with Crippen molar-refractivity contribution in [1.29, 1.82) is 0 Å². The van der Waals surface area contributed by atoms with Gasteiger partial charge >= 0.3 is 5.97 Å². The second-order valence-electron chi connectivity index (χ2n) is 4.60. The molecule has 2 aromatic rings. The lowest BCUT2D eigenvalue weighted by molar-refractivity contribution is 0.0600. The van der Waals surface area contributed by atoms with Crippen molar-refractivity contribution in [2.75, 3.05) is 7.11 Å². The number of rotatable bonds is 1. The Morgan fingerprint density at radius 3 is 2.94 bits per heavy atom. The first-order valence-electron chi connectivity index (χ1n) is 6.08. The Morgan fingerprint density at radius 2 is 2.17 bits per heavy atom. The Bertz CT molecular complexity index is 625. The molecule has 0 spiro atoms. The van der Waals surface area contributed by atoms with Crippen LogP contribution in [0, 0.1) is 6.92 Å². The lowest BCUT2D eigenvalue weighted by Gasteiger charge is -2.22. The first-order valence-corrected chi connectivity index (χ1v) is 6.08. The molecule has 92 valence electrons. The Labute approximate surface area is 106 Å². The van der Waals surface area contributed by atoms with Gasteiger partial charge in [-0.1, -0.05) is 6.07 Å². The molecule has 0 N–H and O–H groups in total. The molecule has 1 aromatic heterocycles.